The number of carbonyl (C=O) groups is 1. The molecule has 3 rings (SSSR count). The normalized spacial score (nSPS) is 30.6. The average molecular weight is 294 g/mol. The summed E-state index contributed by atoms with van der Waals surface area (Å²) in [4.78, 5) is 18.4. The Balaban J connectivity index is 1.63. The molecule has 0 radical (unpaired) electrons. The van der Waals surface area contributed by atoms with Crippen molar-refractivity contribution in [1.82, 2.24) is 19.7 Å². The smallest absolute Gasteiger partial charge is 0.323 e. The lowest BCUT2D eigenvalue weighted by Gasteiger charge is -2.35. The van der Waals surface area contributed by atoms with Crippen LogP contribution in [0.2, 0.25) is 0 Å². The second-order valence-corrected chi connectivity index (χ2v) is 5.88. The summed E-state index contributed by atoms with van der Waals surface area (Å²) in [6, 6.07) is -0.120. The maximum Gasteiger partial charge on any atom is 0.323 e. The molecular weight excluding hydrogens is 272 g/mol. The number of hydrogen-bond donors (Lipinski definition) is 0. The molecule has 21 heavy (non-hydrogen) atoms. The average Bonchev–Trinajstić information content (AvgIpc) is 2.92. The minimum Gasteiger partial charge on any atom is -0.461 e. The fourth-order valence-corrected chi connectivity index (χ4v) is 3.10. The molecule has 2 aliphatic heterocycles. The molecule has 2 aliphatic rings. The van der Waals surface area contributed by atoms with Gasteiger partial charge in [0.2, 0.25) is 0 Å². The third kappa shape index (κ3) is 3.08. The zero-order valence-electron chi connectivity index (χ0n) is 12.8. The molecule has 7 heteroatoms. The van der Waals surface area contributed by atoms with Crippen LogP contribution in [0.3, 0.4) is 0 Å². The molecule has 2 saturated heterocycles. The molecule has 0 saturated carbocycles. The first-order valence-electron chi connectivity index (χ1n) is 7.47. The maximum absolute atomic E-state index is 11.9. The van der Waals surface area contributed by atoms with Crippen LogP contribution in [0.5, 0.6) is 0 Å². The molecule has 1 aromatic heterocycles. The second kappa shape index (κ2) is 5.73. The van der Waals surface area contributed by atoms with Crippen molar-refractivity contribution in [3.8, 4) is 0 Å². The van der Waals surface area contributed by atoms with Crippen molar-refractivity contribution in [2.45, 2.75) is 52.0 Å². The monoisotopic (exact) mass is 294 g/mol. The van der Waals surface area contributed by atoms with E-state index in [0.717, 1.165) is 31.2 Å². The number of aromatic nitrogens is 3. The quantitative estimate of drug-likeness (QED) is 0.747. The number of morpholine rings is 1. The number of ether oxygens (including phenoxy) is 2. The number of aryl methyl sites for hydroxylation is 2. The van der Waals surface area contributed by atoms with Crippen LogP contribution in [0.15, 0.2) is 0 Å². The predicted molar refractivity (Wildman–Crippen MR) is 74.8 cm³/mol. The highest BCUT2D eigenvalue weighted by Crippen LogP contribution is 2.22. The van der Waals surface area contributed by atoms with E-state index < -0.39 is 0 Å². The summed E-state index contributed by atoms with van der Waals surface area (Å²) in [5.74, 6) is 1.56. The van der Waals surface area contributed by atoms with E-state index in [0.29, 0.717) is 13.2 Å². The highest BCUT2D eigenvalue weighted by atomic mass is 16.6. The molecule has 0 amide bonds. The Bertz CT molecular complexity index is 530. The van der Waals surface area contributed by atoms with Crippen LogP contribution in [0.4, 0.5) is 0 Å². The number of nitrogens with zero attached hydrogens (tertiary/aromatic N) is 4. The minimum atomic E-state index is -0.120. The summed E-state index contributed by atoms with van der Waals surface area (Å²) in [5.41, 5.74) is 0. The molecule has 3 heterocycles. The summed E-state index contributed by atoms with van der Waals surface area (Å²) in [7, 11) is 0. The van der Waals surface area contributed by atoms with Gasteiger partial charge in [0.05, 0.1) is 19.3 Å². The van der Waals surface area contributed by atoms with Crippen molar-refractivity contribution in [1.29, 1.82) is 0 Å². The molecule has 116 valence electrons. The van der Waals surface area contributed by atoms with Crippen molar-refractivity contribution in [2.24, 2.45) is 0 Å². The lowest BCUT2D eigenvalue weighted by molar-refractivity contribution is -0.147. The van der Waals surface area contributed by atoms with E-state index in [4.69, 9.17) is 9.47 Å². The molecule has 1 aromatic rings. The van der Waals surface area contributed by atoms with Crippen LogP contribution in [0.25, 0.3) is 0 Å². The van der Waals surface area contributed by atoms with Gasteiger partial charge >= 0.3 is 5.97 Å². The van der Waals surface area contributed by atoms with Gasteiger partial charge in [-0.3, -0.25) is 9.69 Å². The van der Waals surface area contributed by atoms with Crippen molar-refractivity contribution in [3.63, 3.8) is 0 Å². The van der Waals surface area contributed by atoms with Gasteiger partial charge in [-0.25, -0.2) is 9.67 Å². The van der Waals surface area contributed by atoms with Crippen LogP contribution in [0.1, 0.15) is 25.0 Å². The number of rotatable bonds is 3. The molecule has 3 atom stereocenters. The number of hydrogen-bond acceptors (Lipinski definition) is 6. The number of carbonyl (C=O) groups excluding carboxylic acids is 1. The Kier molecular flexibility index (Phi) is 3.95. The largest absolute Gasteiger partial charge is 0.461 e. The van der Waals surface area contributed by atoms with Crippen LogP contribution < -0.4 is 0 Å². The first kappa shape index (κ1) is 14.5. The van der Waals surface area contributed by atoms with E-state index in [1.54, 1.807) is 0 Å². The van der Waals surface area contributed by atoms with Gasteiger partial charge < -0.3 is 9.47 Å². The molecule has 7 nitrogen and oxygen atoms in total. The van der Waals surface area contributed by atoms with Crippen LogP contribution >= 0.6 is 0 Å². The van der Waals surface area contributed by atoms with Gasteiger partial charge in [-0.1, -0.05) is 0 Å². The van der Waals surface area contributed by atoms with Crippen molar-refractivity contribution >= 4 is 5.97 Å². The van der Waals surface area contributed by atoms with Crippen LogP contribution in [0, 0.1) is 13.8 Å². The Morgan fingerprint density at radius 1 is 1.38 bits per heavy atom. The van der Waals surface area contributed by atoms with Gasteiger partial charge in [0.1, 0.15) is 23.8 Å². The second-order valence-electron chi connectivity index (χ2n) is 5.88. The van der Waals surface area contributed by atoms with Gasteiger partial charge in [-0.2, -0.15) is 5.10 Å². The summed E-state index contributed by atoms with van der Waals surface area (Å²) in [5, 5.41) is 4.37. The van der Waals surface area contributed by atoms with E-state index in [-0.39, 0.29) is 24.2 Å². The van der Waals surface area contributed by atoms with Crippen LogP contribution in [-0.2, 0) is 20.8 Å². The molecule has 0 N–H and O–H groups in total. The van der Waals surface area contributed by atoms with E-state index in [2.05, 4.69) is 15.0 Å². The topological polar surface area (TPSA) is 69.5 Å². The zero-order valence-corrected chi connectivity index (χ0v) is 12.8. The SMILES string of the molecule is Cc1nc(C)n(CC2CN(C3CC(C)OC3=O)CCO2)n1. The Hall–Kier alpha value is -1.47. The maximum atomic E-state index is 11.9. The number of esters is 1. The zero-order chi connectivity index (χ0) is 15.0. The van der Waals surface area contributed by atoms with Gasteiger partial charge in [0.15, 0.2) is 0 Å². The van der Waals surface area contributed by atoms with E-state index >= 15 is 0 Å². The van der Waals surface area contributed by atoms with Gasteiger partial charge in [0.25, 0.3) is 0 Å². The first-order chi connectivity index (χ1) is 10.0. The van der Waals surface area contributed by atoms with Crippen molar-refractivity contribution < 1.29 is 14.3 Å². The summed E-state index contributed by atoms with van der Waals surface area (Å²) in [6.45, 7) is 8.57. The molecule has 0 bridgehead atoms. The fourth-order valence-electron chi connectivity index (χ4n) is 3.10. The molecule has 3 unspecified atom stereocenters. The Labute approximate surface area is 124 Å². The molecule has 0 aromatic carbocycles. The van der Waals surface area contributed by atoms with Crippen LogP contribution in [-0.4, -0.2) is 63.6 Å². The van der Waals surface area contributed by atoms with Gasteiger partial charge in [-0.05, 0) is 20.8 Å². The molecule has 0 spiro atoms. The lowest BCUT2D eigenvalue weighted by Crippen LogP contribution is -2.50. The third-order valence-corrected chi connectivity index (χ3v) is 4.09. The number of cyclic esters (lactones) is 1. The highest BCUT2D eigenvalue weighted by molar-refractivity contribution is 5.78. The Morgan fingerprint density at radius 3 is 2.81 bits per heavy atom. The fraction of sp³-hybridized carbons (Fsp3) is 0.786. The summed E-state index contributed by atoms with van der Waals surface area (Å²) in [6.07, 6.45) is 0.818. The minimum absolute atomic E-state index is 0.0176. The molecular formula is C14H22N4O3. The first-order valence-corrected chi connectivity index (χ1v) is 7.47. The highest BCUT2D eigenvalue weighted by Gasteiger charge is 2.38. The van der Waals surface area contributed by atoms with E-state index in [1.165, 1.54) is 0 Å². The summed E-state index contributed by atoms with van der Waals surface area (Å²) >= 11 is 0. The summed E-state index contributed by atoms with van der Waals surface area (Å²) < 4.78 is 12.9. The van der Waals surface area contributed by atoms with Gasteiger partial charge in [0, 0.05) is 19.5 Å². The standard InChI is InChI=1S/C14H22N4O3/c1-9-6-13(14(19)21-9)17-4-5-20-12(7-17)8-18-11(3)15-10(2)16-18/h9,12-13H,4-8H2,1-3H3. The molecule has 0 aliphatic carbocycles. The van der Waals surface area contributed by atoms with Gasteiger partial charge in [-0.15, -0.1) is 0 Å². The lowest BCUT2D eigenvalue weighted by atomic mass is 10.1. The van der Waals surface area contributed by atoms with Crippen molar-refractivity contribution in [3.05, 3.63) is 11.6 Å². The van der Waals surface area contributed by atoms with E-state index in [9.17, 15) is 4.79 Å². The van der Waals surface area contributed by atoms with Crippen molar-refractivity contribution in [2.75, 3.05) is 19.7 Å². The third-order valence-electron chi connectivity index (χ3n) is 4.09. The molecule has 2 fully saturated rings. The Morgan fingerprint density at radius 2 is 2.19 bits per heavy atom. The predicted octanol–water partition coefficient (Wildman–Crippen LogP) is 0.300. The van der Waals surface area contributed by atoms with E-state index in [1.807, 2.05) is 25.5 Å².